The summed E-state index contributed by atoms with van der Waals surface area (Å²) < 4.78 is 44.5. The number of nitrogens with zero attached hydrogens (tertiary/aromatic N) is 1. The van der Waals surface area contributed by atoms with Crippen molar-refractivity contribution in [2.45, 2.75) is 31.9 Å². The molecule has 0 spiro atoms. The van der Waals surface area contributed by atoms with Crippen LogP contribution in [-0.4, -0.2) is 27.1 Å². The van der Waals surface area contributed by atoms with Gasteiger partial charge in [0, 0.05) is 29.5 Å². The molecule has 0 unspecified atom stereocenters. The number of rotatable bonds is 4. The number of fused-ring (bicyclic) bond motifs is 1. The van der Waals surface area contributed by atoms with Crippen molar-refractivity contribution in [2.24, 2.45) is 0 Å². The normalized spacial score (nSPS) is 13.2. The Balaban J connectivity index is 0.000000158. The Labute approximate surface area is 181 Å². The summed E-state index contributed by atoms with van der Waals surface area (Å²) in [6.45, 7) is 0.387. The van der Waals surface area contributed by atoms with E-state index in [2.05, 4.69) is 20.3 Å². The second kappa shape index (κ2) is 9.59. The van der Waals surface area contributed by atoms with Crippen molar-refractivity contribution >= 4 is 17.0 Å². The lowest BCUT2D eigenvalue weighted by Gasteiger charge is -2.24. The Bertz CT molecular complexity index is 1190. The van der Waals surface area contributed by atoms with E-state index in [1.807, 2.05) is 0 Å². The highest BCUT2D eigenvalue weighted by Crippen LogP contribution is 2.26. The second-order valence-electron chi connectivity index (χ2n) is 7.39. The molecule has 6 nitrogen and oxygen atoms in total. The van der Waals surface area contributed by atoms with Crippen molar-refractivity contribution in [3.8, 4) is 11.3 Å². The maximum absolute atomic E-state index is 13.5. The summed E-state index contributed by atoms with van der Waals surface area (Å²) in [7, 11) is 0. The van der Waals surface area contributed by atoms with Gasteiger partial charge >= 0.3 is 6.09 Å². The van der Waals surface area contributed by atoms with E-state index in [1.54, 1.807) is 30.6 Å². The molecule has 5 rings (SSSR count). The number of hydrogen-bond donors (Lipinski definition) is 3. The van der Waals surface area contributed by atoms with E-state index >= 15 is 0 Å². The van der Waals surface area contributed by atoms with Crippen LogP contribution in [0.25, 0.3) is 22.2 Å². The zero-order chi connectivity index (χ0) is 22.5. The van der Waals surface area contributed by atoms with E-state index in [0.717, 1.165) is 31.2 Å². The molecule has 1 aliphatic rings. The van der Waals surface area contributed by atoms with E-state index < -0.39 is 11.6 Å². The molecule has 4 aromatic rings. The van der Waals surface area contributed by atoms with Gasteiger partial charge in [0.15, 0.2) is 0 Å². The lowest BCUT2D eigenvalue weighted by Crippen LogP contribution is -2.32. The molecular weight excluding hydrogens is 421 g/mol. The molecule has 1 fully saturated rings. The highest BCUT2D eigenvalue weighted by atomic mass is 19.1. The third kappa shape index (κ3) is 5.29. The van der Waals surface area contributed by atoms with Gasteiger partial charge in [-0.05, 0) is 61.2 Å². The van der Waals surface area contributed by atoms with Crippen LogP contribution in [0.1, 0.15) is 25.1 Å². The van der Waals surface area contributed by atoms with Gasteiger partial charge in [-0.2, -0.15) is 0 Å². The predicted octanol–water partition coefficient (Wildman–Crippen LogP) is 5.44. The Kier molecular flexibility index (Phi) is 6.44. The van der Waals surface area contributed by atoms with Crippen LogP contribution in [0.15, 0.2) is 54.9 Å². The van der Waals surface area contributed by atoms with E-state index in [1.165, 1.54) is 18.2 Å². The topological polar surface area (TPSA) is 82.8 Å². The number of nitrogens with one attached hydrogen (secondary N) is 3. The fraction of sp³-hybridized carbons (Fsp3) is 0.217. The Morgan fingerprint density at radius 3 is 2.53 bits per heavy atom. The Morgan fingerprint density at radius 1 is 1.09 bits per heavy atom. The smallest absolute Gasteiger partial charge is 0.407 e. The van der Waals surface area contributed by atoms with Gasteiger partial charge in [-0.1, -0.05) is 0 Å². The van der Waals surface area contributed by atoms with Crippen LogP contribution >= 0.6 is 0 Å². The fourth-order valence-electron chi connectivity index (χ4n) is 3.18. The molecule has 9 heteroatoms. The number of carbonyl (C=O) groups excluding carboxylic acids is 1. The number of hydrogen-bond acceptors (Lipinski definition) is 3. The molecule has 2 aromatic heterocycles. The van der Waals surface area contributed by atoms with Crippen molar-refractivity contribution in [1.82, 2.24) is 20.3 Å². The van der Waals surface area contributed by atoms with Gasteiger partial charge in [-0.3, -0.25) is 0 Å². The second-order valence-corrected chi connectivity index (χ2v) is 7.39. The molecule has 166 valence electrons. The standard InChI is InChI=1S/C14H8F3N.C9H13N3O2/c15-10-3-1-8(2-4-10)13-6-9-5-11(16)7-12(17)14(9)18-13;13-9(14-7-2-1-3-7)12-6-8-10-4-5-11-8/h1-7,18H;4-5,7H,1-3,6H2,(H,10,11)(H,12,13). The number of amides is 1. The van der Waals surface area contributed by atoms with Gasteiger partial charge in [0.25, 0.3) is 0 Å². The lowest BCUT2D eigenvalue weighted by molar-refractivity contribution is 0.0521. The highest BCUT2D eigenvalue weighted by molar-refractivity contribution is 5.86. The molecule has 3 N–H and O–H groups in total. The van der Waals surface area contributed by atoms with Gasteiger partial charge in [-0.15, -0.1) is 0 Å². The van der Waals surface area contributed by atoms with E-state index in [9.17, 15) is 18.0 Å². The van der Waals surface area contributed by atoms with E-state index in [4.69, 9.17) is 4.74 Å². The molecule has 1 amide bonds. The summed E-state index contributed by atoms with van der Waals surface area (Å²) in [6.07, 6.45) is 6.29. The molecule has 0 atom stereocenters. The minimum Gasteiger partial charge on any atom is -0.446 e. The molecular formula is C23H21F3N4O2. The van der Waals surface area contributed by atoms with Gasteiger partial charge in [0.2, 0.25) is 0 Å². The summed E-state index contributed by atoms with van der Waals surface area (Å²) in [5.74, 6) is -0.870. The van der Waals surface area contributed by atoms with Crippen LogP contribution in [0, 0.1) is 17.5 Å². The van der Waals surface area contributed by atoms with Crippen LogP contribution in [0.3, 0.4) is 0 Å². The minimum absolute atomic E-state index is 0.131. The number of benzene rings is 2. The van der Waals surface area contributed by atoms with Crippen molar-refractivity contribution in [1.29, 1.82) is 0 Å². The van der Waals surface area contributed by atoms with Crippen LogP contribution in [-0.2, 0) is 11.3 Å². The number of halogens is 3. The summed E-state index contributed by atoms with van der Waals surface area (Å²) in [6, 6.07) is 9.50. The number of alkyl carbamates (subject to hydrolysis) is 1. The highest BCUT2D eigenvalue weighted by Gasteiger charge is 2.21. The first kappa shape index (κ1) is 21.5. The number of aromatic amines is 2. The van der Waals surface area contributed by atoms with Crippen LogP contribution in [0.2, 0.25) is 0 Å². The average molecular weight is 442 g/mol. The van der Waals surface area contributed by atoms with Crippen LogP contribution in [0.4, 0.5) is 18.0 Å². The third-order valence-electron chi connectivity index (χ3n) is 5.08. The monoisotopic (exact) mass is 442 g/mol. The first-order chi connectivity index (χ1) is 15.5. The van der Waals surface area contributed by atoms with Crippen molar-refractivity contribution < 1.29 is 22.7 Å². The molecule has 1 aliphatic carbocycles. The molecule has 0 radical (unpaired) electrons. The number of carbonyl (C=O) groups is 1. The zero-order valence-corrected chi connectivity index (χ0v) is 17.0. The number of aromatic nitrogens is 3. The van der Waals surface area contributed by atoms with Gasteiger partial charge < -0.3 is 20.0 Å². The number of ether oxygens (including phenoxy) is 1. The maximum atomic E-state index is 13.5. The van der Waals surface area contributed by atoms with Gasteiger partial charge in [-0.25, -0.2) is 22.9 Å². The molecule has 0 bridgehead atoms. The first-order valence-corrected chi connectivity index (χ1v) is 10.1. The van der Waals surface area contributed by atoms with Crippen LogP contribution < -0.4 is 5.32 Å². The van der Waals surface area contributed by atoms with Crippen molar-refractivity contribution in [2.75, 3.05) is 0 Å². The first-order valence-electron chi connectivity index (χ1n) is 10.1. The summed E-state index contributed by atoms with van der Waals surface area (Å²) >= 11 is 0. The fourth-order valence-corrected chi connectivity index (χ4v) is 3.18. The summed E-state index contributed by atoms with van der Waals surface area (Å²) in [5.41, 5.74) is 1.58. The molecule has 2 heterocycles. The average Bonchev–Trinajstić information content (AvgIpc) is 3.40. The third-order valence-corrected chi connectivity index (χ3v) is 5.08. The van der Waals surface area contributed by atoms with Crippen molar-refractivity contribution in [3.63, 3.8) is 0 Å². The maximum Gasteiger partial charge on any atom is 0.407 e. The number of imidazole rings is 1. The van der Waals surface area contributed by atoms with Gasteiger partial charge in [0.1, 0.15) is 29.4 Å². The van der Waals surface area contributed by atoms with E-state index in [0.29, 0.717) is 23.2 Å². The molecule has 32 heavy (non-hydrogen) atoms. The Hall–Kier alpha value is -3.75. The SMILES string of the molecule is Fc1ccc(-c2cc3cc(F)cc(F)c3[nH]2)cc1.O=C(NCc1ncc[nH]1)OC1CCC1. The van der Waals surface area contributed by atoms with Gasteiger partial charge in [0.05, 0.1) is 12.1 Å². The van der Waals surface area contributed by atoms with Crippen molar-refractivity contribution in [3.05, 3.63) is 78.1 Å². The number of H-pyrrole nitrogens is 2. The summed E-state index contributed by atoms with van der Waals surface area (Å²) in [5, 5.41) is 3.08. The minimum atomic E-state index is -0.640. The van der Waals surface area contributed by atoms with Crippen LogP contribution in [0.5, 0.6) is 0 Å². The molecule has 0 saturated heterocycles. The molecule has 0 aliphatic heterocycles. The molecule has 2 aromatic carbocycles. The summed E-state index contributed by atoms with van der Waals surface area (Å²) in [4.78, 5) is 20.9. The Morgan fingerprint density at radius 2 is 1.88 bits per heavy atom. The largest absolute Gasteiger partial charge is 0.446 e. The lowest BCUT2D eigenvalue weighted by atomic mass is 9.96. The van der Waals surface area contributed by atoms with E-state index in [-0.39, 0.29) is 23.5 Å². The zero-order valence-electron chi connectivity index (χ0n) is 17.0. The molecule has 1 saturated carbocycles. The predicted molar refractivity (Wildman–Crippen MR) is 113 cm³/mol. The quantitative estimate of drug-likeness (QED) is 0.394.